The van der Waals surface area contributed by atoms with Gasteiger partial charge in [0.15, 0.2) is 6.29 Å². The van der Waals surface area contributed by atoms with Gasteiger partial charge >= 0.3 is 6.09 Å². The largest absolute Gasteiger partial charge is 0.449 e. The van der Waals surface area contributed by atoms with E-state index < -0.39 is 6.09 Å². The van der Waals surface area contributed by atoms with Crippen LogP contribution in [-0.4, -0.2) is 30.5 Å². The van der Waals surface area contributed by atoms with E-state index in [1.807, 2.05) is 24.3 Å². The van der Waals surface area contributed by atoms with Gasteiger partial charge in [0.25, 0.3) is 0 Å². The molecular weight excluding hydrogens is 376 g/mol. The zero-order chi connectivity index (χ0) is 20.8. The first kappa shape index (κ1) is 19.4. The van der Waals surface area contributed by atoms with Gasteiger partial charge in [-0.05, 0) is 40.3 Å². The maximum Gasteiger partial charge on any atom is 0.407 e. The van der Waals surface area contributed by atoms with E-state index in [-0.39, 0.29) is 12.5 Å². The van der Waals surface area contributed by atoms with Crippen molar-refractivity contribution >= 4 is 12.4 Å². The zero-order valence-electron chi connectivity index (χ0n) is 16.3. The van der Waals surface area contributed by atoms with Crippen molar-refractivity contribution in [3.8, 4) is 23.0 Å². The molecule has 0 saturated heterocycles. The zero-order valence-corrected chi connectivity index (χ0v) is 16.3. The number of fused-ring (bicyclic) bond motifs is 3. The number of rotatable bonds is 5. The number of nitrogens with zero attached hydrogens (tertiary/aromatic N) is 1. The summed E-state index contributed by atoms with van der Waals surface area (Å²) in [6.07, 6.45) is 2.28. The molecule has 148 valence electrons. The lowest BCUT2D eigenvalue weighted by Gasteiger charge is -2.14. The number of benzene rings is 2. The van der Waals surface area contributed by atoms with Crippen molar-refractivity contribution in [2.24, 2.45) is 0 Å². The second kappa shape index (κ2) is 9.06. The Hall–Kier alpha value is -3.91. The topological polar surface area (TPSA) is 68.3 Å². The Bertz CT molecular complexity index is 1100. The van der Waals surface area contributed by atoms with E-state index in [2.05, 4.69) is 46.4 Å². The van der Waals surface area contributed by atoms with Crippen LogP contribution in [0.4, 0.5) is 4.79 Å². The summed E-state index contributed by atoms with van der Waals surface area (Å²) in [5.41, 5.74) is 5.64. The first-order valence-corrected chi connectivity index (χ1v) is 9.76. The van der Waals surface area contributed by atoms with Crippen LogP contribution in [0, 0.1) is 11.8 Å². The minimum Gasteiger partial charge on any atom is -0.449 e. The highest BCUT2D eigenvalue weighted by molar-refractivity contribution is 5.79. The predicted octanol–water partition coefficient (Wildman–Crippen LogP) is 4.17. The maximum absolute atomic E-state index is 12.1. The van der Waals surface area contributed by atoms with Crippen molar-refractivity contribution < 1.29 is 14.3 Å². The summed E-state index contributed by atoms with van der Waals surface area (Å²) in [5.74, 6) is 5.80. The van der Waals surface area contributed by atoms with Gasteiger partial charge in [-0.25, -0.2) is 9.78 Å². The van der Waals surface area contributed by atoms with E-state index in [4.69, 9.17) is 4.74 Å². The standard InChI is InChI=1S/C25H20N2O3/c28-16-18-8-7-15-26-24(18)13-5-6-14-27-25(29)30-17-23-21-11-3-1-9-19(21)20-10-2-4-12-22(20)23/h1-4,7-12,15-16,23H,6,14,17H2,(H,27,29). The highest BCUT2D eigenvalue weighted by Crippen LogP contribution is 2.44. The highest BCUT2D eigenvalue weighted by Gasteiger charge is 2.28. The van der Waals surface area contributed by atoms with Gasteiger partial charge in [-0.3, -0.25) is 4.79 Å². The molecule has 0 unspecified atom stereocenters. The molecule has 1 aliphatic carbocycles. The van der Waals surface area contributed by atoms with Crippen LogP contribution < -0.4 is 5.32 Å². The molecule has 1 aliphatic rings. The average molecular weight is 396 g/mol. The summed E-state index contributed by atoms with van der Waals surface area (Å²) in [6.45, 7) is 0.634. The molecule has 1 aromatic heterocycles. The Morgan fingerprint density at radius 3 is 2.43 bits per heavy atom. The maximum atomic E-state index is 12.1. The molecule has 0 spiro atoms. The van der Waals surface area contributed by atoms with Crippen molar-refractivity contribution in [1.82, 2.24) is 10.3 Å². The molecule has 0 saturated carbocycles. The van der Waals surface area contributed by atoms with Crippen molar-refractivity contribution in [3.63, 3.8) is 0 Å². The number of hydrogen-bond acceptors (Lipinski definition) is 4. The van der Waals surface area contributed by atoms with Gasteiger partial charge in [-0.15, -0.1) is 0 Å². The van der Waals surface area contributed by atoms with E-state index in [0.29, 0.717) is 24.2 Å². The molecule has 1 amide bonds. The fraction of sp³-hybridized carbons (Fsp3) is 0.160. The highest BCUT2D eigenvalue weighted by atomic mass is 16.5. The summed E-state index contributed by atoms with van der Waals surface area (Å²) in [6, 6.07) is 19.8. The minimum absolute atomic E-state index is 0.0360. The summed E-state index contributed by atoms with van der Waals surface area (Å²) < 4.78 is 5.48. The molecule has 4 rings (SSSR count). The molecule has 0 aliphatic heterocycles. The molecule has 1 heterocycles. The monoisotopic (exact) mass is 396 g/mol. The second-order valence-electron chi connectivity index (χ2n) is 6.86. The van der Waals surface area contributed by atoms with Crippen LogP contribution in [0.1, 0.15) is 39.5 Å². The molecule has 30 heavy (non-hydrogen) atoms. The number of aldehydes is 1. The molecule has 0 radical (unpaired) electrons. The summed E-state index contributed by atoms with van der Waals surface area (Å²) >= 11 is 0. The minimum atomic E-state index is -0.468. The fourth-order valence-corrected chi connectivity index (χ4v) is 3.64. The number of nitrogens with one attached hydrogen (secondary N) is 1. The summed E-state index contributed by atoms with van der Waals surface area (Å²) in [5, 5.41) is 2.72. The number of carbonyl (C=O) groups is 2. The van der Waals surface area contributed by atoms with Crippen LogP contribution >= 0.6 is 0 Å². The summed E-state index contributed by atoms with van der Waals surface area (Å²) in [7, 11) is 0. The van der Waals surface area contributed by atoms with Crippen molar-refractivity contribution in [2.45, 2.75) is 12.3 Å². The van der Waals surface area contributed by atoms with Gasteiger partial charge in [-0.1, -0.05) is 54.5 Å². The lowest BCUT2D eigenvalue weighted by Crippen LogP contribution is -2.26. The van der Waals surface area contributed by atoms with E-state index in [9.17, 15) is 9.59 Å². The van der Waals surface area contributed by atoms with Crippen molar-refractivity contribution in [1.29, 1.82) is 0 Å². The van der Waals surface area contributed by atoms with E-state index in [0.717, 1.165) is 6.29 Å². The number of hydrogen-bond donors (Lipinski definition) is 1. The molecule has 3 aromatic rings. The number of alkyl carbamates (subject to hydrolysis) is 1. The lowest BCUT2D eigenvalue weighted by atomic mass is 9.98. The van der Waals surface area contributed by atoms with Gasteiger partial charge in [0, 0.05) is 30.6 Å². The second-order valence-corrected chi connectivity index (χ2v) is 6.86. The third-order valence-electron chi connectivity index (χ3n) is 5.04. The quantitative estimate of drug-likeness (QED) is 0.399. The lowest BCUT2D eigenvalue weighted by molar-refractivity contribution is 0.112. The molecule has 0 bridgehead atoms. The Labute approximate surface area is 175 Å². The van der Waals surface area contributed by atoms with Gasteiger partial charge in [0.1, 0.15) is 12.3 Å². The van der Waals surface area contributed by atoms with Crippen LogP contribution in [0.15, 0.2) is 66.9 Å². The van der Waals surface area contributed by atoms with Crippen LogP contribution in [0.5, 0.6) is 0 Å². The molecule has 0 atom stereocenters. The van der Waals surface area contributed by atoms with Crippen molar-refractivity contribution in [2.75, 3.05) is 13.2 Å². The molecule has 5 nitrogen and oxygen atoms in total. The van der Waals surface area contributed by atoms with Crippen LogP contribution in [0.2, 0.25) is 0 Å². The van der Waals surface area contributed by atoms with Gasteiger partial charge < -0.3 is 10.1 Å². The third kappa shape index (κ3) is 4.08. The Morgan fingerprint density at radius 1 is 1.03 bits per heavy atom. The molecule has 5 heteroatoms. The van der Waals surface area contributed by atoms with Crippen LogP contribution in [0.3, 0.4) is 0 Å². The SMILES string of the molecule is O=Cc1cccnc1C#CCCNC(=O)OCC1c2ccccc2-c2ccccc21. The normalized spacial score (nSPS) is 11.6. The third-order valence-corrected chi connectivity index (χ3v) is 5.04. The van der Waals surface area contributed by atoms with E-state index in [1.54, 1.807) is 18.3 Å². The molecule has 1 N–H and O–H groups in total. The molecule has 0 fully saturated rings. The first-order valence-electron chi connectivity index (χ1n) is 9.76. The average Bonchev–Trinajstić information content (AvgIpc) is 3.11. The van der Waals surface area contributed by atoms with E-state index in [1.165, 1.54) is 22.3 Å². The van der Waals surface area contributed by atoms with Crippen LogP contribution in [-0.2, 0) is 4.74 Å². The van der Waals surface area contributed by atoms with E-state index >= 15 is 0 Å². The number of amides is 1. The van der Waals surface area contributed by atoms with Crippen molar-refractivity contribution in [3.05, 3.63) is 89.2 Å². The summed E-state index contributed by atoms with van der Waals surface area (Å²) in [4.78, 5) is 27.2. The number of aromatic nitrogens is 1. The first-order chi connectivity index (χ1) is 14.8. The Kier molecular flexibility index (Phi) is 5.86. The number of ether oxygens (including phenoxy) is 1. The number of carbonyl (C=O) groups excluding carboxylic acids is 2. The Balaban J connectivity index is 1.30. The fourth-order valence-electron chi connectivity index (χ4n) is 3.64. The Morgan fingerprint density at radius 2 is 1.73 bits per heavy atom. The van der Waals surface area contributed by atoms with Gasteiger partial charge in [0.2, 0.25) is 0 Å². The molecular formula is C25H20N2O3. The number of pyridine rings is 1. The molecule has 2 aromatic carbocycles. The smallest absolute Gasteiger partial charge is 0.407 e. The van der Waals surface area contributed by atoms with Gasteiger partial charge in [-0.2, -0.15) is 0 Å². The predicted molar refractivity (Wildman–Crippen MR) is 114 cm³/mol. The van der Waals surface area contributed by atoms with Gasteiger partial charge in [0.05, 0.1) is 0 Å². The van der Waals surface area contributed by atoms with Crippen LogP contribution in [0.25, 0.3) is 11.1 Å².